The molecule has 1 aromatic carbocycles. The van der Waals surface area contributed by atoms with Crippen LogP contribution in [0.3, 0.4) is 0 Å². The fraction of sp³-hybridized carbons (Fsp3) is 0.375. The summed E-state index contributed by atoms with van der Waals surface area (Å²) in [5.41, 5.74) is 1.86. The lowest BCUT2D eigenvalue weighted by Gasteiger charge is -2.27. The number of aromatic nitrogens is 3. The lowest BCUT2D eigenvalue weighted by atomic mass is 10.2. The van der Waals surface area contributed by atoms with E-state index in [1.165, 1.54) is 6.07 Å². The number of aromatic amines is 1. The van der Waals surface area contributed by atoms with E-state index in [-0.39, 0.29) is 5.82 Å². The number of hydrogen-bond donors (Lipinski definition) is 2. The highest BCUT2D eigenvalue weighted by atomic mass is 79.9. The van der Waals surface area contributed by atoms with Crippen LogP contribution in [0.1, 0.15) is 6.92 Å². The number of nitrogens with zero attached hydrogens (tertiary/aromatic N) is 3. The zero-order valence-electron chi connectivity index (χ0n) is 13.2. The Morgan fingerprint density at radius 2 is 2.08 bits per heavy atom. The molecule has 0 saturated carbocycles. The molecule has 0 amide bonds. The molecule has 0 spiro atoms. The number of H-pyrrole nitrogens is 1. The number of fused-ring (bicyclic) bond motifs is 3. The van der Waals surface area contributed by atoms with Crippen molar-refractivity contribution in [3.63, 3.8) is 0 Å². The van der Waals surface area contributed by atoms with Gasteiger partial charge >= 0.3 is 0 Å². The van der Waals surface area contributed by atoms with Crippen LogP contribution < -0.4 is 15.0 Å². The number of halogens is 2. The van der Waals surface area contributed by atoms with Gasteiger partial charge < -0.3 is 19.9 Å². The van der Waals surface area contributed by atoms with Gasteiger partial charge in [0.2, 0.25) is 11.8 Å². The molecule has 1 aliphatic heterocycles. The summed E-state index contributed by atoms with van der Waals surface area (Å²) in [5, 5.41) is 3.77. The van der Waals surface area contributed by atoms with E-state index in [1.807, 2.05) is 13.0 Å². The summed E-state index contributed by atoms with van der Waals surface area (Å²) in [6.07, 6.45) is 0. The molecule has 0 atom stereocenters. The minimum absolute atomic E-state index is 0.321. The van der Waals surface area contributed by atoms with Gasteiger partial charge in [-0.1, -0.05) is 15.9 Å². The Balaban J connectivity index is 1.97. The Morgan fingerprint density at radius 3 is 2.83 bits per heavy atom. The molecule has 4 rings (SSSR count). The predicted octanol–water partition coefficient (Wildman–Crippen LogP) is 2.82. The molecule has 0 radical (unpaired) electrons. The zero-order chi connectivity index (χ0) is 16.7. The molecule has 0 bridgehead atoms. The smallest absolute Gasteiger partial charge is 0.243 e. The van der Waals surface area contributed by atoms with Crippen molar-refractivity contribution in [2.24, 2.45) is 0 Å². The molecule has 24 heavy (non-hydrogen) atoms. The van der Waals surface area contributed by atoms with Gasteiger partial charge in [-0.05, 0) is 19.1 Å². The topological polar surface area (TPSA) is 66.1 Å². The number of benzene rings is 1. The van der Waals surface area contributed by atoms with Crippen LogP contribution >= 0.6 is 15.9 Å². The van der Waals surface area contributed by atoms with E-state index in [4.69, 9.17) is 4.74 Å². The van der Waals surface area contributed by atoms with Gasteiger partial charge in [0.05, 0.1) is 17.5 Å². The highest BCUT2D eigenvalue weighted by molar-refractivity contribution is 9.10. The van der Waals surface area contributed by atoms with Crippen LogP contribution in [0.2, 0.25) is 0 Å². The Kier molecular flexibility index (Phi) is 4.01. The Morgan fingerprint density at radius 1 is 1.29 bits per heavy atom. The largest absolute Gasteiger partial charge is 0.476 e. The maximum absolute atomic E-state index is 14.5. The second-order valence-corrected chi connectivity index (χ2v) is 6.57. The molecule has 8 heteroatoms. The molecule has 1 fully saturated rings. The molecule has 0 unspecified atom stereocenters. The number of anilines is 1. The summed E-state index contributed by atoms with van der Waals surface area (Å²) >= 11 is 3.32. The van der Waals surface area contributed by atoms with Gasteiger partial charge in [0.15, 0.2) is 0 Å². The van der Waals surface area contributed by atoms with Crippen molar-refractivity contribution in [1.29, 1.82) is 0 Å². The quantitative estimate of drug-likeness (QED) is 0.715. The minimum Gasteiger partial charge on any atom is -0.476 e. The first-order valence-corrected chi connectivity index (χ1v) is 8.73. The fourth-order valence-electron chi connectivity index (χ4n) is 3.02. The van der Waals surface area contributed by atoms with Crippen molar-refractivity contribution in [3.05, 3.63) is 22.4 Å². The Labute approximate surface area is 146 Å². The van der Waals surface area contributed by atoms with Crippen LogP contribution in [0, 0.1) is 5.82 Å². The summed E-state index contributed by atoms with van der Waals surface area (Å²) in [6.45, 7) is 5.76. The Hall–Kier alpha value is -1.93. The van der Waals surface area contributed by atoms with Crippen molar-refractivity contribution in [2.45, 2.75) is 6.92 Å². The van der Waals surface area contributed by atoms with E-state index in [2.05, 4.69) is 41.1 Å². The van der Waals surface area contributed by atoms with Crippen LogP contribution in [0.4, 0.5) is 10.3 Å². The van der Waals surface area contributed by atoms with Gasteiger partial charge in [0.25, 0.3) is 0 Å². The summed E-state index contributed by atoms with van der Waals surface area (Å²) in [7, 11) is 0. The maximum Gasteiger partial charge on any atom is 0.243 e. The molecule has 6 nitrogen and oxygen atoms in total. The summed E-state index contributed by atoms with van der Waals surface area (Å²) < 4.78 is 20.9. The molecular formula is C16H17BrFN5O. The third-order valence-electron chi connectivity index (χ3n) is 4.10. The van der Waals surface area contributed by atoms with Gasteiger partial charge in [0.1, 0.15) is 16.9 Å². The van der Waals surface area contributed by atoms with Gasteiger partial charge in [-0.25, -0.2) is 9.37 Å². The first kappa shape index (κ1) is 15.6. The maximum atomic E-state index is 14.5. The normalized spacial score (nSPS) is 15.4. The van der Waals surface area contributed by atoms with Gasteiger partial charge in [-0.2, -0.15) is 4.98 Å². The van der Waals surface area contributed by atoms with E-state index in [9.17, 15) is 4.39 Å². The van der Waals surface area contributed by atoms with E-state index < -0.39 is 0 Å². The van der Waals surface area contributed by atoms with Crippen molar-refractivity contribution >= 4 is 43.8 Å². The van der Waals surface area contributed by atoms with E-state index in [0.717, 1.165) is 26.2 Å². The number of nitrogens with one attached hydrogen (secondary N) is 2. The van der Waals surface area contributed by atoms with Crippen LogP contribution in [-0.2, 0) is 0 Å². The van der Waals surface area contributed by atoms with E-state index in [0.29, 0.717) is 44.8 Å². The van der Waals surface area contributed by atoms with Gasteiger partial charge in [-0.15, -0.1) is 0 Å². The third kappa shape index (κ3) is 2.59. The Bertz CT molecular complexity index is 906. The molecule has 2 N–H and O–H groups in total. The summed E-state index contributed by atoms with van der Waals surface area (Å²) in [5.74, 6) is 0.719. The van der Waals surface area contributed by atoms with Gasteiger partial charge in [-0.3, -0.25) is 0 Å². The average Bonchev–Trinajstić information content (AvgIpc) is 2.94. The SMILES string of the molecule is CCOc1nc(N2CCNCC2)nc2c1[nH]c1cc(Br)cc(F)c12. The molecule has 3 aromatic rings. The molecule has 2 aromatic heterocycles. The highest BCUT2D eigenvalue weighted by Gasteiger charge is 2.21. The van der Waals surface area contributed by atoms with Crippen molar-refractivity contribution in [1.82, 2.24) is 20.3 Å². The molecule has 3 heterocycles. The van der Waals surface area contributed by atoms with Crippen LogP contribution in [0.25, 0.3) is 21.9 Å². The molecule has 126 valence electrons. The summed E-state index contributed by atoms with van der Waals surface area (Å²) in [4.78, 5) is 14.5. The number of hydrogen-bond acceptors (Lipinski definition) is 5. The predicted molar refractivity (Wildman–Crippen MR) is 95.3 cm³/mol. The molecule has 1 aliphatic rings. The first-order chi connectivity index (χ1) is 11.7. The molecule has 0 aliphatic carbocycles. The standard InChI is InChI=1S/C16H17BrFN5O/c1-2-24-15-14-13(12-10(18)7-9(17)8-11(12)20-14)21-16(22-15)23-5-3-19-4-6-23/h7-8,19-20H,2-6H2,1H3. The van der Waals surface area contributed by atoms with Crippen molar-refractivity contribution in [3.8, 4) is 5.88 Å². The van der Waals surface area contributed by atoms with E-state index in [1.54, 1.807) is 0 Å². The lowest BCUT2D eigenvalue weighted by Crippen LogP contribution is -2.44. The fourth-order valence-corrected chi connectivity index (χ4v) is 3.45. The summed E-state index contributed by atoms with van der Waals surface area (Å²) in [6, 6.07) is 3.28. The lowest BCUT2D eigenvalue weighted by molar-refractivity contribution is 0.330. The zero-order valence-corrected chi connectivity index (χ0v) is 14.8. The van der Waals surface area contributed by atoms with Crippen molar-refractivity contribution in [2.75, 3.05) is 37.7 Å². The monoisotopic (exact) mass is 393 g/mol. The molecular weight excluding hydrogens is 377 g/mol. The van der Waals surface area contributed by atoms with Crippen molar-refractivity contribution < 1.29 is 9.13 Å². The minimum atomic E-state index is -0.321. The number of piperazine rings is 1. The third-order valence-corrected chi connectivity index (χ3v) is 4.55. The van der Waals surface area contributed by atoms with Gasteiger partial charge in [0, 0.05) is 30.7 Å². The first-order valence-electron chi connectivity index (χ1n) is 7.94. The van der Waals surface area contributed by atoms with Crippen LogP contribution in [0.5, 0.6) is 5.88 Å². The second-order valence-electron chi connectivity index (χ2n) is 5.66. The average molecular weight is 394 g/mol. The number of rotatable bonds is 3. The van der Waals surface area contributed by atoms with Crippen LogP contribution in [-0.4, -0.2) is 47.7 Å². The number of ether oxygens (including phenoxy) is 1. The van der Waals surface area contributed by atoms with Crippen LogP contribution in [0.15, 0.2) is 16.6 Å². The van der Waals surface area contributed by atoms with E-state index >= 15 is 0 Å². The highest BCUT2D eigenvalue weighted by Crippen LogP contribution is 2.34. The molecule has 1 saturated heterocycles. The second kappa shape index (κ2) is 6.18.